The van der Waals surface area contributed by atoms with E-state index in [4.69, 9.17) is 5.73 Å². The molecule has 5 nitrogen and oxygen atoms in total. The van der Waals surface area contributed by atoms with Crippen molar-refractivity contribution < 1.29 is 4.79 Å². The van der Waals surface area contributed by atoms with Gasteiger partial charge in [-0.3, -0.25) is 9.78 Å². The van der Waals surface area contributed by atoms with Crippen LogP contribution in [0, 0.1) is 5.92 Å². The van der Waals surface area contributed by atoms with Gasteiger partial charge in [0.15, 0.2) is 5.82 Å². The number of hydrogen-bond donors (Lipinski definition) is 2. The van der Waals surface area contributed by atoms with Gasteiger partial charge in [0.05, 0.1) is 0 Å². The van der Waals surface area contributed by atoms with Crippen molar-refractivity contribution in [3.63, 3.8) is 0 Å². The fourth-order valence-electron chi connectivity index (χ4n) is 2.82. The Bertz CT molecular complexity index is 629. The predicted molar refractivity (Wildman–Crippen MR) is 81.4 cm³/mol. The Morgan fingerprint density at radius 3 is 2.62 bits per heavy atom. The monoisotopic (exact) mass is 282 g/mol. The Hall–Kier alpha value is -2.43. The largest absolute Gasteiger partial charge is 0.369 e. The summed E-state index contributed by atoms with van der Waals surface area (Å²) in [6, 6.07) is 10.2. The van der Waals surface area contributed by atoms with E-state index >= 15 is 0 Å². The summed E-state index contributed by atoms with van der Waals surface area (Å²) in [6.07, 6.45) is 5.90. The molecule has 2 aromatic rings. The summed E-state index contributed by atoms with van der Waals surface area (Å²) in [5, 5.41) is 3.41. The second kappa shape index (κ2) is 5.91. The zero-order chi connectivity index (χ0) is 14.7. The van der Waals surface area contributed by atoms with Crippen LogP contribution in [-0.2, 0) is 4.79 Å². The third-order valence-corrected chi connectivity index (χ3v) is 3.92. The lowest BCUT2D eigenvalue weighted by atomic mass is 10.1. The van der Waals surface area contributed by atoms with E-state index in [1.807, 2.05) is 30.3 Å². The zero-order valence-electron chi connectivity index (χ0n) is 11.7. The van der Waals surface area contributed by atoms with Crippen LogP contribution < -0.4 is 11.1 Å². The van der Waals surface area contributed by atoms with Crippen molar-refractivity contribution in [1.82, 2.24) is 9.97 Å². The van der Waals surface area contributed by atoms with E-state index in [9.17, 15) is 4.79 Å². The minimum absolute atomic E-state index is 0.0284. The molecule has 1 fully saturated rings. The Balaban J connectivity index is 1.79. The summed E-state index contributed by atoms with van der Waals surface area (Å²) < 4.78 is 0. The fourth-order valence-corrected chi connectivity index (χ4v) is 2.82. The molecule has 0 spiro atoms. The smallest absolute Gasteiger partial charge is 0.220 e. The number of carbonyl (C=O) groups excluding carboxylic acids is 1. The Kier molecular flexibility index (Phi) is 3.81. The first-order valence-corrected chi connectivity index (χ1v) is 7.16. The van der Waals surface area contributed by atoms with E-state index in [1.54, 1.807) is 12.4 Å². The first-order valence-electron chi connectivity index (χ1n) is 7.16. The third-order valence-electron chi connectivity index (χ3n) is 3.92. The summed E-state index contributed by atoms with van der Waals surface area (Å²) in [7, 11) is 0. The molecule has 0 radical (unpaired) electrons. The maximum atomic E-state index is 11.3. The summed E-state index contributed by atoms with van der Waals surface area (Å²) in [4.78, 5) is 20.1. The highest BCUT2D eigenvalue weighted by molar-refractivity contribution is 5.77. The molecule has 1 aromatic heterocycles. The van der Waals surface area contributed by atoms with Crippen LogP contribution in [0.15, 0.2) is 42.7 Å². The van der Waals surface area contributed by atoms with Gasteiger partial charge < -0.3 is 11.1 Å². The van der Waals surface area contributed by atoms with E-state index in [2.05, 4.69) is 15.3 Å². The van der Waals surface area contributed by atoms with Crippen LogP contribution in [-0.4, -0.2) is 21.9 Å². The third kappa shape index (κ3) is 3.02. The number of nitrogens with zero attached hydrogens (tertiary/aromatic N) is 2. The minimum atomic E-state index is -0.207. The van der Waals surface area contributed by atoms with E-state index in [-0.39, 0.29) is 17.9 Å². The molecule has 108 valence electrons. The normalized spacial score (nSPS) is 21.1. The number of benzene rings is 1. The van der Waals surface area contributed by atoms with Crippen molar-refractivity contribution >= 4 is 11.7 Å². The van der Waals surface area contributed by atoms with Gasteiger partial charge in [0.1, 0.15) is 5.69 Å². The quantitative estimate of drug-likeness (QED) is 0.901. The van der Waals surface area contributed by atoms with E-state index in [0.717, 1.165) is 36.3 Å². The molecule has 0 aliphatic heterocycles. The molecule has 1 aromatic carbocycles. The van der Waals surface area contributed by atoms with Crippen molar-refractivity contribution in [3.05, 3.63) is 42.7 Å². The van der Waals surface area contributed by atoms with Crippen LogP contribution in [0.2, 0.25) is 0 Å². The standard InChI is InChI=1S/C16H18N4O/c17-15(21)12-6-7-13(10-12)20-16-14(18-8-9-19-16)11-4-2-1-3-5-11/h1-5,8-9,12-13H,6-7,10H2,(H2,17,21)(H,19,20)/t12-,13+/m1/s1. The van der Waals surface area contributed by atoms with E-state index < -0.39 is 0 Å². The number of nitrogens with one attached hydrogen (secondary N) is 1. The molecule has 21 heavy (non-hydrogen) atoms. The van der Waals surface area contributed by atoms with Gasteiger partial charge in [-0.1, -0.05) is 30.3 Å². The molecule has 0 bridgehead atoms. The van der Waals surface area contributed by atoms with Crippen molar-refractivity contribution in [2.75, 3.05) is 5.32 Å². The molecule has 1 amide bonds. The maximum absolute atomic E-state index is 11.3. The number of nitrogens with two attached hydrogens (primary N) is 1. The maximum Gasteiger partial charge on any atom is 0.220 e. The lowest BCUT2D eigenvalue weighted by Gasteiger charge is -2.15. The second-order valence-corrected chi connectivity index (χ2v) is 5.37. The van der Waals surface area contributed by atoms with Crippen LogP contribution in [0.3, 0.4) is 0 Å². The highest BCUT2D eigenvalue weighted by Gasteiger charge is 2.29. The van der Waals surface area contributed by atoms with Gasteiger partial charge in [-0.2, -0.15) is 0 Å². The van der Waals surface area contributed by atoms with Gasteiger partial charge in [-0.15, -0.1) is 0 Å². The summed E-state index contributed by atoms with van der Waals surface area (Å²) >= 11 is 0. The number of primary amides is 1. The molecular formula is C16H18N4O. The number of carbonyl (C=O) groups is 1. The molecule has 3 rings (SSSR count). The van der Waals surface area contributed by atoms with Crippen LogP contribution in [0.1, 0.15) is 19.3 Å². The fraction of sp³-hybridized carbons (Fsp3) is 0.312. The Morgan fingerprint density at radius 2 is 1.90 bits per heavy atom. The first kappa shape index (κ1) is 13.5. The van der Waals surface area contributed by atoms with E-state index in [1.165, 1.54) is 0 Å². The second-order valence-electron chi connectivity index (χ2n) is 5.37. The molecule has 1 aliphatic rings. The number of rotatable bonds is 4. The number of amides is 1. The topological polar surface area (TPSA) is 80.9 Å². The molecule has 5 heteroatoms. The van der Waals surface area contributed by atoms with Gasteiger partial charge in [-0.25, -0.2) is 4.98 Å². The lowest BCUT2D eigenvalue weighted by Crippen LogP contribution is -2.23. The molecule has 1 aliphatic carbocycles. The SMILES string of the molecule is NC(=O)[C@@H]1CC[C@H](Nc2nccnc2-c2ccccc2)C1. The predicted octanol–water partition coefficient (Wildman–Crippen LogP) is 2.21. The number of hydrogen-bond acceptors (Lipinski definition) is 4. The van der Waals surface area contributed by atoms with E-state index in [0.29, 0.717) is 0 Å². The highest BCUT2D eigenvalue weighted by Crippen LogP contribution is 2.30. The van der Waals surface area contributed by atoms with Gasteiger partial charge in [0.25, 0.3) is 0 Å². The average molecular weight is 282 g/mol. The van der Waals surface area contributed by atoms with Crippen LogP contribution >= 0.6 is 0 Å². The number of anilines is 1. The van der Waals surface area contributed by atoms with Crippen LogP contribution in [0.25, 0.3) is 11.3 Å². The highest BCUT2D eigenvalue weighted by atomic mass is 16.1. The van der Waals surface area contributed by atoms with Crippen LogP contribution in [0.4, 0.5) is 5.82 Å². The van der Waals surface area contributed by atoms with Crippen molar-refractivity contribution in [3.8, 4) is 11.3 Å². The van der Waals surface area contributed by atoms with Gasteiger partial charge in [-0.05, 0) is 19.3 Å². The molecule has 1 heterocycles. The number of aromatic nitrogens is 2. The summed E-state index contributed by atoms with van der Waals surface area (Å²) in [5.74, 6) is 0.528. The summed E-state index contributed by atoms with van der Waals surface area (Å²) in [6.45, 7) is 0. The average Bonchev–Trinajstić information content (AvgIpc) is 2.98. The Morgan fingerprint density at radius 1 is 1.14 bits per heavy atom. The molecular weight excluding hydrogens is 264 g/mol. The molecule has 0 unspecified atom stereocenters. The molecule has 3 N–H and O–H groups in total. The minimum Gasteiger partial charge on any atom is -0.369 e. The lowest BCUT2D eigenvalue weighted by molar-refractivity contribution is -0.121. The van der Waals surface area contributed by atoms with Crippen molar-refractivity contribution in [2.24, 2.45) is 11.7 Å². The molecule has 0 saturated heterocycles. The summed E-state index contributed by atoms with van der Waals surface area (Å²) in [5.41, 5.74) is 7.24. The first-order chi connectivity index (χ1) is 10.2. The van der Waals surface area contributed by atoms with Gasteiger partial charge >= 0.3 is 0 Å². The molecule has 1 saturated carbocycles. The van der Waals surface area contributed by atoms with Crippen LogP contribution in [0.5, 0.6) is 0 Å². The van der Waals surface area contributed by atoms with Gasteiger partial charge in [0.2, 0.25) is 5.91 Å². The van der Waals surface area contributed by atoms with Gasteiger partial charge in [0, 0.05) is 29.9 Å². The van der Waals surface area contributed by atoms with Crippen molar-refractivity contribution in [2.45, 2.75) is 25.3 Å². The van der Waals surface area contributed by atoms with Crippen molar-refractivity contribution in [1.29, 1.82) is 0 Å². The Labute approximate surface area is 123 Å². The zero-order valence-corrected chi connectivity index (χ0v) is 11.7. The molecule has 2 atom stereocenters.